The van der Waals surface area contributed by atoms with Crippen molar-refractivity contribution in [2.45, 2.75) is 45.6 Å². The van der Waals surface area contributed by atoms with Crippen LogP contribution in [0.1, 0.15) is 51.1 Å². The predicted octanol–water partition coefficient (Wildman–Crippen LogP) is 3.35. The van der Waals surface area contributed by atoms with E-state index in [0.29, 0.717) is 30.7 Å². The number of hydrogen-bond acceptors (Lipinski definition) is 6. The molecule has 0 aliphatic carbocycles. The monoisotopic (exact) mass is 391 g/mol. The molecule has 0 radical (unpaired) electrons. The quantitative estimate of drug-likeness (QED) is 0.378. The number of nitro groups is 1. The van der Waals surface area contributed by atoms with E-state index in [1.807, 2.05) is 13.8 Å². The molecule has 0 fully saturated rings. The van der Waals surface area contributed by atoms with E-state index < -0.39 is 23.0 Å². The molecule has 0 aromatic heterocycles. The van der Waals surface area contributed by atoms with Crippen molar-refractivity contribution in [2.24, 2.45) is 0 Å². The van der Waals surface area contributed by atoms with Crippen LogP contribution < -0.4 is 15.4 Å². The maximum absolute atomic E-state index is 12.4. The Kier molecular flexibility index (Phi) is 7.36. The number of urea groups is 1. The smallest absolute Gasteiger partial charge is 0.337 e. The number of unbranched alkanes of at least 4 members (excludes halogenated alkanes) is 1. The third-order valence-corrected chi connectivity index (χ3v) is 4.31. The number of nitro benzene ring substituents is 1. The van der Waals surface area contributed by atoms with Gasteiger partial charge in [-0.3, -0.25) is 10.1 Å². The first-order chi connectivity index (χ1) is 13.4. The van der Waals surface area contributed by atoms with Gasteiger partial charge < -0.3 is 20.1 Å². The van der Waals surface area contributed by atoms with Crippen LogP contribution in [0, 0.1) is 10.1 Å². The lowest BCUT2D eigenvalue weighted by Gasteiger charge is -2.29. The number of methoxy groups -OCH3 is 1. The average Bonchev–Trinajstić information content (AvgIpc) is 2.69. The summed E-state index contributed by atoms with van der Waals surface area (Å²) in [6.07, 6.45) is 2.84. The number of esters is 1. The first-order valence-corrected chi connectivity index (χ1v) is 9.22. The van der Waals surface area contributed by atoms with Gasteiger partial charge in [0.15, 0.2) is 5.75 Å². The van der Waals surface area contributed by atoms with E-state index in [2.05, 4.69) is 10.6 Å². The molecule has 152 valence electrons. The predicted molar refractivity (Wildman–Crippen MR) is 102 cm³/mol. The van der Waals surface area contributed by atoms with Crippen LogP contribution in [0.4, 0.5) is 10.5 Å². The van der Waals surface area contributed by atoms with Crippen LogP contribution in [0.15, 0.2) is 29.5 Å². The van der Waals surface area contributed by atoms with E-state index in [0.717, 1.165) is 12.8 Å². The summed E-state index contributed by atoms with van der Waals surface area (Å²) in [4.78, 5) is 35.5. The van der Waals surface area contributed by atoms with Gasteiger partial charge in [-0.05, 0) is 30.9 Å². The highest BCUT2D eigenvalue weighted by Gasteiger charge is 2.34. The molecule has 1 aliphatic rings. The van der Waals surface area contributed by atoms with Crippen LogP contribution >= 0.6 is 0 Å². The van der Waals surface area contributed by atoms with Gasteiger partial charge >= 0.3 is 17.7 Å². The molecule has 0 bridgehead atoms. The second kappa shape index (κ2) is 9.72. The van der Waals surface area contributed by atoms with Gasteiger partial charge in [0.05, 0.1) is 30.3 Å². The molecule has 1 atom stereocenters. The van der Waals surface area contributed by atoms with Crippen molar-refractivity contribution >= 4 is 17.7 Å². The first kappa shape index (κ1) is 21.2. The number of rotatable bonds is 9. The molecule has 0 saturated carbocycles. The van der Waals surface area contributed by atoms with Gasteiger partial charge in [0, 0.05) is 11.8 Å². The van der Waals surface area contributed by atoms with Gasteiger partial charge in [-0.15, -0.1) is 0 Å². The largest absolute Gasteiger partial charge is 0.487 e. The SMILES string of the molecule is CCCCC1=C(C(=O)OC)C(c2ccc(OCCC)c([N+](=O)[O-])c2)NC(=O)N1. The van der Waals surface area contributed by atoms with Crippen LogP contribution in [0.25, 0.3) is 0 Å². The normalized spacial score (nSPS) is 16.2. The molecular weight excluding hydrogens is 366 g/mol. The fourth-order valence-electron chi connectivity index (χ4n) is 2.96. The van der Waals surface area contributed by atoms with Crippen LogP contribution in [0.2, 0.25) is 0 Å². The Morgan fingerprint density at radius 1 is 1.29 bits per heavy atom. The standard InChI is InChI=1S/C19H25N3O6/c1-4-6-7-13-16(18(23)27-3)17(21-19(24)20-13)12-8-9-15(28-10-5-2)14(11-12)22(25)26/h8-9,11,17H,4-7,10H2,1-3H3,(H2,20,21,24). The number of allylic oxidation sites excluding steroid dienone is 1. The topological polar surface area (TPSA) is 120 Å². The third kappa shape index (κ3) is 4.79. The average molecular weight is 391 g/mol. The minimum absolute atomic E-state index is 0.144. The summed E-state index contributed by atoms with van der Waals surface area (Å²) in [5, 5.41) is 16.8. The Morgan fingerprint density at radius 2 is 2.04 bits per heavy atom. The zero-order valence-electron chi connectivity index (χ0n) is 16.2. The van der Waals surface area contributed by atoms with Crippen molar-refractivity contribution in [2.75, 3.05) is 13.7 Å². The van der Waals surface area contributed by atoms with E-state index in [1.54, 1.807) is 6.07 Å². The number of ether oxygens (including phenoxy) is 2. The molecule has 28 heavy (non-hydrogen) atoms. The van der Waals surface area contributed by atoms with Crippen LogP contribution in [0.5, 0.6) is 5.75 Å². The van der Waals surface area contributed by atoms with Gasteiger partial charge in [0.2, 0.25) is 0 Å². The molecule has 9 nitrogen and oxygen atoms in total. The summed E-state index contributed by atoms with van der Waals surface area (Å²) in [6, 6.07) is 3.08. The van der Waals surface area contributed by atoms with Crippen molar-refractivity contribution in [3.8, 4) is 5.75 Å². The Morgan fingerprint density at radius 3 is 2.64 bits per heavy atom. The molecule has 2 N–H and O–H groups in total. The maximum Gasteiger partial charge on any atom is 0.337 e. The fourth-order valence-corrected chi connectivity index (χ4v) is 2.96. The highest BCUT2D eigenvalue weighted by Crippen LogP contribution is 2.35. The number of carbonyl (C=O) groups is 2. The van der Waals surface area contributed by atoms with Crippen molar-refractivity contribution in [1.82, 2.24) is 10.6 Å². The summed E-state index contributed by atoms with van der Waals surface area (Å²) in [7, 11) is 1.25. The van der Waals surface area contributed by atoms with Gasteiger partial charge in [0.1, 0.15) is 0 Å². The Hall–Kier alpha value is -3.10. The van der Waals surface area contributed by atoms with Crippen LogP contribution in [-0.4, -0.2) is 30.6 Å². The van der Waals surface area contributed by atoms with Crippen molar-refractivity contribution in [3.63, 3.8) is 0 Å². The molecule has 1 aliphatic heterocycles. The summed E-state index contributed by atoms with van der Waals surface area (Å²) in [5.41, 5.74) is 0.890. The second-order valence-corrected chi connectivity index (χ2v) is 6.35. The molecular formula is C19H25N3O6. The third-order valence-electron chi connectivity index (χ3n) is 4.31. The highest BCUT2D eigenvalue weighted by molar-refractivity contribution is 5.95. The Labute approximate surface area is 163 Å². The second-order valence-electron chi connectivity index (χ2n) is 6.35. The number of nitrogens with one attached hydrogen (secondary N) is 2. The van der Waals surface area contributed by atoms with Crippen molar-refractivity contribution in [1.29, 1.82) is 0 Å². The number of benzene rings is 1. The molecule has 2 rings (SSSR count). The van der Waals surface area contributed by atoms with Gasteiger partial charge in [-0.25, -0.2) is 9.59 Å². The van der Waals surface area contributed by atoms with E-state index in [9.17, 15) is 19.7 Å². The van der Waals surface area contributed by atoms with E-state index in [4.69, 9.17) is 9.47 Å². The number of nitrogens with zero attached hydrogens (tertiary/aromatic N) is 1. The lowest BCUT2D eigenvalue weighted by molar-refractivity contribution is -0.385. The maximum atomic E-state index is 12.4. The summed E-state index contributed by atoms with van der Waals surface area (Å²) < 4.78 is 10.3. The summed E-state index contributed by atoms with van der Waals surface area (Å²) in [6.45, 7) is 4.24. The molecule has 1 heterocycles. The lowest BCUT2D eigenvalue weighted by Crippen LogP contribution is -2.45. The Balaban J connectivity index is 2.52. The zero-order chi connectivity index (χ0) is 20.7. The van der Waals surface area contributed by atoms with Crippen molar-refractivity contribution in [3.05, 3.63) is 45.1 Å². The first-order valence-electron chi connectivity index (χ1n) is 9.22. The number of carbonyl (C=O) groups excluding carboxylic acids is 2. The molecule has 1 unspecified atom stereocenters. The van der Waals surface area contributed by atoms with E-state index in [1.165, 1.54) is 19.2 Å². The van der Waals surface area contributed by atoms with Crippen molar-refractivity contribution < 1.29 is 24.0 Å². The molecule has 2 amide bonds. The zero-order valence-corrected chi connectivity index (χ0v) is 16.2. The molecule has 0 spiro atoms. The van der Waals surface area contributed by atoms with Gasteiger partial charge in [-0.2, -0.15) is 0 Å². The summed E-state index contributed by atoms with van der Waals surface area (Å²) >= 11 is 0. The Bertz CT molecular complexity index is 790. The van der Waals surface area contributed by atoms with Gasteiger partial charge in [-0.1, -0.05) is 26.3 Å². The summed E-state index contributed by atoms with van der Waals surface area (Å²) in [5.74, 6) is -0.455. The van der Waals surface area contributed by atoms with E-state index >= 15 is 0 Å². The highest BCUT2D eigenvalue weighted by atomic mass is 16.6. The van der Waals surface area contributed by atoms with Crippen LogP contribution in [0.3, 0.4) is 0 Å². The van der Waals surface area contributed by atoms with Gasteiger partial charge in [0.25, 0.3) is 0 Å². The number of hydrogen-bond donors (Lipinski definition) is 2. The minimum atomic E-state index is -0.855. The lowest BCUT2D eigenvalue weighted by atomic mass is 9.93. The number of amides is 2. The van der Waals surface area contributed by atoms with E-state index in [-0.39, 0.29) is 17.0 Å². The molecule has 9 heteroatoms. The molecule has 0 saturated heterocycles. The fraction of sp³-hybridized carbons (Fsp3) is 0.474. The van der Waals surface area contributed by atoms with Crippen LogP contribution in [-0.2, 0) is 9.53 Å². The molecule has 1 aromatic rings. The minimum Gasteiger partial charge on any atom is -0.487 e. The molecule has 1 aromatic carbocycles.